The second kappa shape index (κ2) is 11.2. The Kier molecular flexibility index (Phi) is 7.19. The van der Waals surface area contributed by atoms with Crippen LogP contribution in [0.25, 0.3) is 45.6 Å². The van der Waals surface area contributed by atoms with Crippen LogP contribution in [0.1, 0.15) is 16.1 Å². The maximum absolute atomic E-state index is 12.8. The van der Waals surface area contributed by atoms with Gasteiger partial charge in [-0.05, 0) is 60.2 Å². The summed E-state index contributed by atoms with van der Waals surface area (Å²) in [4.78, 5) is 12.8. The summed E-state index contributed by atoms with van der Waals surface area (Å²) in [7, 11) is 0. The van der Waals surface area contributed by atoms with Crippen molar-refractivity contribution in [3.8, 4) is 39.5 Å². The zero-order valence-corrected chi connectivity index (χ0v) is 22.7. The molecule has 2 heterocycles. The lowest BCUT2D eigenvalue weighted by molar-refractivity contribution is 0.102. The predicted molar refractivity (Wildman–Crippen MR) is 162 cm³/mol. The number of nitrogens with zero attached hydrogens (tertiary/aromatic N) is 2. The molecule has 40 heavy (non-hydrogen) atoms. The number of ketones is 1. The third-order valence-electron chi connectivity index (χ3n) is 6.46. The molecule has 6 heteroatoms. The first-order valence-electron chi connectivity index (χ1n) is 12.6. The molecule has 0 unspecified atom stereocenters. The number of furan rings is 1. The number of aromatic nitrogens is 2. The van der Waals surface area contributed by atoms with Gasteiger partial charge in [0, 0.05) is 21.7 Å². The van der Waals surface area contributed by atoms with Gasteiger partial charge in [-0.2, -0.15) is 5.10 Å². The Hall–Kier alpha value is -4.64. The first-order chi connectivity index (χ1) is 19.5. The minimum absolute atomic E-state index is 0.228. The van der Waals surface area contributed by atoms with Crippen LogP contribution in [0.5, 0.6) is 0 Å². The fourth-order valence-corrected chi connectivity index (χ4v) is 4.93. The second-order valence-electron chi connectivity index (χ2n) is 9.14. The van der Waals surface area contributed by atoms with Crippen LogP contribution >= 0.6 is 23.2 Å². The van der Waals surface area contributed by atoms with Gasteiger partial charge >= 0.3 is 0 Å². The van der Waals surface area contributed by atoms with Gasteiger partial charge in [0.05, 0.1) is 22.1 Å². The summed E-state index contributed by atoms with van der Waals surface area (Å²) in [5.74, 6) is 0.490. The van der Waals surface area contributed by atoms with Crippen molar-refractivity contribution in [3.63, 3.8) is 0 Å². The van der Waals surface area contributed by atoms with Gasteiger partial charge in [-0.3, -0.25) is 4.79 Å². The fourth-order valence-electron chi connectivity index (χ4n) is 4.43. The molecule has 0 fully saturated rings. The van der Waals surface area contributed by atoms with Gasteiger partial charge in [0.2, 0.25) is 5.78 Å². The third-order valence-corrected chi connectivity index (χ3v) is 7.01. The fraction of sp³-hybridized carbons (Fsp3) is 0. The van der Waals surface area contributed by atoms with Crippen LogP contribution in [0.4, 0.5) is 0 Å². The Labute approximate surface area is 241 Å². The number of benzene rings is 4. The van der Waals surface area contributed by atoms with Crippen molar-refractivity contribution < 1.29 is 9.21 Å². The molecule has 0 saturated carbocycles. The average Bonchev–Trinajstić information content (AvgIpc) is 3.66. The van der Waals surface area contributed by atoms with E-state index >= 15 is 0 Å². The Morgan fingerprint density at radius 1 is 0.750 bits per heavy atom. The summed E-state index contributed by atoms with van der Waals surface area (Å²) < 4.78 is 7.72. The highest BCUT2D eigenvalue weighted by atomic mass is 35.5. The molecule has 0 aliphatic rings. The van der Waals surface area contributed by atoms with Crippen molar-refractivity contribution in [1.82, 2.24) is 9.78 Å². The molecular formula is C34H22Cl2N2O2. The summed E-state index contributed by atoms with van der Waals surface area (Å²) >= 11 is 12.3. The second-order valence-corrected chi connectivity index (χ2v) is 9.98. The van der Waals surface area contributed by atoms with Crippen molar-refractivity contribution in [2.24, 2.45) is 0 Å². The summed E-state index contributed by atoms with van der Waals surface area (Å²) in [6, 6.07) is 38.8. The Morgan fingerprint density at radius 3 is 2.15 bits per heavy atom. The van der Waals surface area contributed by atoms with E-state index in [0.29, 0.717) is 21.4 Å². The molecule has 6 rings (SSSR count). The first-order valence-corrected chi connectivity index (χ1v) is 13.4. The predicted octanol–water partition coefficient (Wildman–Crippen LogP) is 9.67. The molecule has 2 aromatic heterocycles. The van der Waals surface area contributed by atoms with Gasteiger partial charge in [0.15, 0.2) is 5.76 Å². The van der Waals surface area contributed by atoms with Gasteiger partial charge < -0.3 is 4.42 Å². The molecule has 0 aliphatic heterocycles. The smallest absolute Gasteiger partial charge is 0.221 e. The van der Waals surface area contributed by atoms with E-state index in [0.717, 1.165) is 33.8 Å². The Morgan fingerprint density at radius 2 is 1.45 bits per heavy atom. The molecule has 0 saturated heterocycles. The minimum atomic E-state index is -0.244. The van der Waals surface area contributed by atoms with Crippen LogP contribution in [-0.2, 0) is 0 Å². The normalized spacial score (nSPS) is 11.2. The van der Waals surface area contributed by atoms with E-state index in [-0.39, 0.29) is 11.5 Å². The standard InChI is InChI=1S/C34H22Cl2N2O2/c35-26-14-17-28(29(36)21-26)33-19-20-34(40-33)32(39)18-13-23-11-15-27(16-12-23)38-31(25-9-5-2-6-10-25)22-30(37-38)24-7-3-1-4-8-24/h1-22H/b18-13+. The van der Waals surface area contributed by atoms with Crippen molar-refractivity contribution >= 4 is 35.1 Å². The molecule has 0 bridgehead atoms. The van der Waals surface area contributed by atoms with Gasteiger partial charge in [-0.25, -0.2) is 4.68 Å². The minimum Gasteiger partial charge on any atom is -0.453 e. The van der Waals surface area contributed by atoms with E-state index in [1.165, 1.54) is 6.08 Å². The molecule has 0 N–H and O–H groups in total. The van der Waals surface area contributed by atoms with E-state index in [1.807, 2.05) is 65.3 Å². The number of allylic oxidation sites excluding steroid dienone is 1. The average molecular weight is 561 g/mol. The van der Waals surface area contributed by atoms with Crippen LogP contribution in [0.15, 0.2) is 132 Å². The molecule has 0 spiro atoms. The molecule has 4 aromatic carbocycles. The SMILES string of the molecule is O=C(/C=C/c1ccc(-n2nc(-c3ccccc3)cc2-c2ccccc2)cc1)c1ccc(-c2ccc(Cl)cc2Cl)o1. The van der Waals surface area contributed by atoms with Gasteiger partial charge in [-0.15, -0.1) is 0 Å². The molecule has 0 atom stereocenters. The molecule has 0 aliphatic carbocycles. The zero-order valence-electron chi connectivity index (χ0n) is 21.2. The number of carbonyl (C=O) groups excluding carboxylic acids is 1. The van der Waals surface area contributed by atoms with Crippen LogP contribution in [-0.4, -0.2) is 15.6 Å². The van der Waals surface area contributed by atoms with E-state index < -0.39 is 0 Å². The van der Waals surface area contributed by atoms with Crippen molar-refractivity contribution in [2.75, 3.05) is 0 Å². The molecule has 194 valence electrons. The highest BCUT2D eigenvalue weighted by molar-refractivity contribution is 6.36. The summed E-state index contributed by atoms with van der Waals surface area (Å²) in [6.45, 7) is 0. The number of hydrogen-bond donors (Lipinski definition) is 0. The van der Waals surface area contributed by atoms with Crippen LogP contribution in [0.3, 0.4) is 0 Å². The van der Waals surface area contributed by atoms with Crippen molar-refractivity contribution in [1.29, 1.82) is 0 Å². The molecule has 6 aromatic rings. The molecule has 0 amide bonds. The maximum Gasteiger partial charge on any atom is 0.221 e. The van der Waals surface area contributed by atoms with Crippen LogP contribution in [0, 0.1) is 0 Å². The molecule has 0 radical (unpaired) electrons. The highest BCUT2D eigenvalue weighted by Crippen LogP contribution is 2.32. The lowest BCUT2D eigenvalue weighted by Crippen LogP contribution is -1.99. The van der Waals surface area contributed by atoms with Crippen LogP contribution < -0.4 is 0 Å². The number of hydrogen-bond acceptors (Lipinski definition) is 3. The summed E-state index contributed by atoms with van der Waals surface area (Å²) in [5.41, 5.74) is 6.48. The summed E-state index contributed by atoms with van der Waals surface area (Å²) in [6.07, 6.45) is 3.26. The number of rotatable bonds is 7. The summed E-state index contributed by atoms with van der Waals surface area (Å²) in [5, 5.41) is 5.92. The van der Waals surface area contributed by atoms with Crippen LogP contribution in [0.2, 0.25) is 10.0 Å². The van der Waals surface area contributed by atoms with Gasteiger partial charge in [-0.1, -0.05) is 102 Å². The lowest BCUT2D eigenvalue weighted by atomic mass is 10.1. The van der Waals surface area contributed by atoms with E-state index in [4.69, 9.17) is 32.7 Å². The highest BCUT2D eigenvalue weighted by Gasteiger charge is 2.14. The quantitative estimate of drug-likeness (QED) is 0.144. The van der Waals surface area contributed by atoms with E-state index in [9.17, 15) is 4.79 Å². The number of halogens is 2. The van der Waals surface area contributed by atoms with Gasteiger partial charge in [0.1, 0.15) is 5.76 Å². The van der Waals surface area contributed by atoms with Gasteiger partial charge in [0.25, 0.3) is 0 Å². The molecular weight excluding hydrogens is 539 g/mol. The first kappa shape index (κ1) is 25.6. The maximum atomic E-state index is 12.8. The largest absolute Gasteiger partial charge is 0.453 e. The Bertz CT molecular complexity index is 1820. The lowest BCUT2D eigenvalue weighted by Gasteiger charge is -2.08. The molecule has 4 nitrogen and oxygen atoms in total. The van der Waals surface area contributed by atoms with E-state index in [2.05, 4.69) is 30.3 Å². The topological polar surface area (TPSA) is 48.0 Å². The van der Waals surface area contributed by atoms with E-state index in [1.54, 1.807) is 36.4 Å². The monoisotopic (exact) mass is 560 g/mol. The van der Waals surface area contributed by atoms with Crippen molar-refractivity contribution in [2.45, 2.75) is 0 Å². The number of carbonyl (C=O) groups is 1. The Balaban J connectivity index is 1.24. The third kappa shape index (κ3) is 5.41. The van der Waals surface area contributed by atoms with Crippen molar-refractivity contribution in [3.05, 3.63) is 149 Å². The zero-order chi connectivity index (χ0) is 27.5.